The fourth-order valence-corrected chi connectivity index (χ4v) is 3.65. The van der Waals surface area contributed by atoms with Gasteiger partial charge < -0.3 is 9.47 Å². The third-order valence-corrected chi connectivity index (χ3v) is 4.82. The van der Waals surface area contributed by atoms with E-state index in [9.17, 15) is 8.42 Å². The molecule has 2 aromatic heterocycles. The second kappa shape index (κ2) is 6.71. The highest BCUT2D eigenvalue weighted by molar-refractivity contribution is 7.92. The van der Waals surface area contributed by atoms with Crippen molar-refractivity contribution in [3.8, 4) is 33.9 Å². The monoisotopic (exact) mass is 403 g/mol. The van der Waals surface area contributed by atoms with Crippen molar-refractivity contribution < 1.29 is 17.9 Å². The number of fused-ring (bicyclic) bond motifs is 1. The smallest absolute Gasteiger partial charge is 0.260 e. The summed E-state index contributed by atoms with van der Waals surface area (Å²) in [5.41, 5.74) is 3.55. The van der Waals surface area contributed by atoms with E-state index in [0.717, 1.165) is 28.5 Å². The highest BCUT2D eigenvalue weighted by Gasteiger charge is 2.20. The molecule has 1 aliphatic rings. The number of aromatic nitrogens is 2. The van der Waals surface area contributed by atoms with Crippen LogP contribution in [0, 0.1) is 0 Å². The van der Waals surface area contributed by atoms with E-state index in [1.165, 1.54) is 0 Å². The number of hydrogen-bond donors (Lipinski definition) is 1. The first-order chi connectivity index (χ1) is 12.9. The van der Waals surface area contributed by atoms with Crippen molar-refractivity contribution in [2.24, 2.45) is 0 Å². The van der Waals surface area contributed by atoms with Gasteiger partial charge >= 0.3 is 0 Å². The number of halogens is 1. The highest BCUT2D eigenvalue weighted by Crippen LogP contribution is 2.40. The first-order valence-electron chi connectivity index (χ1n) is 7.88. The number of nitrogens with zero attached hydrogens (tertiary/aromatic N) is 2. The first-order valence-corrected chi connectivity index (χ1v) is 10.2. The number of rotatable bonds is 4. The average molecular weight is 404 g/mol. The molecule has 138 valence electrons. The van der Waals surface area contributed by atoms with Crippen LogP contribution in [0.3, 0.4) is 0 Å². The number of nitrogens with one attached hydrogen (secondary N) is 1. The molecule has 3 aromatic rings. The number of pyridine rings is 2. The van der Waals surface area contributed by atoms with Gasteiger partial charge in [-0.05, 0) is 24.3 Å². The lowest BCUT2D eigenvalue weighted by Gasteiger charge is -2.10. The summed E-state index contributed by atoms with van der Waals surface area (Å²) in [6.45, 7) is 0.132. The Morgan fingerprint density at radius 3 is 2.59 bits per heavy atom. The molecule has 0 atom stereocenters. The maximum atomic E-state index is 11.4. The molecule has 0 spiro atoms. The lowest BCUT2D eigenvalue weighted by Crippen LogP contribution is -2.09. The lowest BCUT2D eigenvalue weighted by molar-refractivity contribution is 0.171. The van der Waals surface area contributed by atoms with Crippen LogP contribution in [0.2, 0.25) is 5.02 Å². The van der Waals surface area contributed by atoms with E-state index < -0.39 is 10.0 Å². The fraction of sp³-hybridized carbons (Fsp3) is 0.111. The third-order valence-electron chi connectivity index (χ3n) is 3.90. The van der Waals surface area contributed by atoms with Crippen LogP contribution >= 0.6 is 11.6 Å². The Morgan fingerprint density at radius 2 is 1.85 bits per heavy atom. The topological polar surface area (TPSA) is 90.4 Å². The molecule has 0 radical (unpaired) electrons. The van der Waals surface area contributed by atoms with Crippen LogP contribution < -0.4 is 14.2 Å². The molecule has 7 nitrogen and oxygen atoms in total. The van der Waals surface area contributed by atoms with Gasteiger partial charge in [-0.3, -0.25) is 9.71 Å². The largest absolute Gasteiger partial charge is 0.451 e. The molecule has 0 saturated carbocycles. The molecular formula is C18H14ClN3O4S. The summed E-state index contributed by atoms with van der Waals surface area (Å²) < 4.78 is 36.0. The van der Waals surface area contributed by atoms with E-state index >= 15 is 0 Å². The zero-order valence-electron chi connectivity index (χ0n) is 14.1. The molecule has 9 heteroatoms. The quantitative estimate of drug-likeness (QED) is 0.716. The molecule has 0 fully saturated rings. The second-order valence-corrected chi connectivity index (χ2v) is 8.09. The molecule has 0 bridgehead atoms. The number of hydrogen-bond acceptors (Lipinski definition) is 6. The number of anilines is 1. The van der Waals surface area contributed by atoms with Crippen molar-refractivity contribution in [3.05, 3.63) is 53.9 Å². The third kappa shape index (κ3) is 3.67. The summed E-state index contributed by atoms with van der Waals surface area (Å²) in [5.74, 6) is 1.03. The van der Waals surface area contributed by atoms with Gasteiger partial charge in [0.1, 0.15) is 0 Å². The van der Waals surface area contributed by atoms with Gasteiger partial charge in [0, 0.05) is 46.5 Å². The maximum absolute atomic E-state index is 11.4. The van der Waals surface area contributed by atoms with E-state index in [1.807, 2.05) is 12.1 Å². The van der Waals surface area contributed by atoms with E-state index in [0.29, 0.717) is 22.3 Å². The minimum absolute atomic E-state index is 0.132. The van der Waals surface area contributed by atoms with Crippen LogP contribution in [0.15, 0.2) is 48.9 Å². The van der Waals surface area contributed by atoms with Crippen LogP contribution in [0.25, 0.3) is 22.3 Å². The van der Waals surface area contributed by atoms with Gasteiger partial charge in [0.2, 0.25) is 16.8 Å². The summed E-state index contributed by atoms with van der Waals surface area (Å²) in [7, 11) is -3.37. The van der Waals surface area contributed by atoms with Crippen LogP contribution in [-0.4, -0.2) is 31.4 Å². The second-order valence-electron chi connectivity index (χ2n) is 5.93. The molecule has 27 heavy (non-hydrogen) atoms. The van der Waals surface area contributed by atoms with Gasteiger partial charge in [-0.15, -0.1) is 0 Å². The number of benzene rings is 1. The van der Waals surface area contributed by atoms with Crippen LogP contribution in [-0.2, 0) is 10.0 Å². The van der Waals surface area contributed by atoms with Crippen molar-refractivity contribution in [1.29, 1.82) is 0 Å². The van der Waals surface area contributed by atoms with Gasteiger partial charge in [0.05, 0.1) is 11.3 Å². The van der Waals surface area contributed by atoms with Crippen molar-refractivity contribution in [2.45, 2.75) is 0 Å². The van der Waals surface area contributed by atoms with Crippen molar-refractivity contribution >= 4 is 27.3 Å². The fourth-order valence-electron chi connectivity index (χ4n) is 2.80. The minimum atomic E-state index is -3.37. The summed E-state index contributed by atoms with van der Waals surface area (Å²) in [6, 6.07) is 8.71. The summed E-state index contributed by atoms with van der Waals surface area (Å²) in [4.78, 5) is 8.43. The average Bonchev–Trinajstić information content (AvgIpc) is 3.09. The summed E-state index contributed by atoms with van der Waals surface area (Å²) in [6.07, 6.45) is 6.14. The minimum Gasteiger partial charge on any atom is -0.451 e. The van der Waals surface area contributed by atoms with Gasteiger partial charge in [0.25, 0.3) is 5.88 Å². The van der Waals surface area contributed by atoms with Crippen molar-refractivity contribution in [1.82, 2.24) is 9.97 Å². The molecule has 0 saturated heterocycles. The lowest BCUT2D eigenvalue weighted by atomic mass is 10.0. The maximum Gasteiger partial charge on any atom is 0.260 e. The first kappa shape index (κ1) is 17.6. The zero-order valence-corrected chi connectivity index (χ0v) is 15.7. The molecule has 0 aliphatic carbocycles. The Labute approximate surface area is 161 Å². The van der Waals surface area contributed by atoms with Gasteiger partial charge in [0.15, 0.2) is 5.75 Å². The molecule has 3 heterocycles. The Kier molecular flexibility index (Phi) is 4.37. The molecule has 1 aliphatic heterocycles. The van der Waals surface area contributed by atoms with Crippen LogP contribution in [0.4, 0.5) is 5.69 Å². The predicted octanol–water partition coefficient (Wildman–Crippen LogP) is 3.56. The Balaban J connectivity index is 1.73. The van der Waals surface area contributed by atoms with E-state index in [2.05, 4.69) is 14.7 Å². The molecule has 1 N–H and O–H groups in total. The molecule has 0 amide bonds. The summed E-state index contributed by atoms with van der Waals surface area (Å²) in [5, 5.41) is 0.405. The Hall–Kier alpha value is -2.84. The molecule has 4 rings (SSSR count). The summed E-state index contributed by atoms with van der Waals surface area (Å²) >= 11 is 6.37. The Morgan fingerprint density at radius 1 is 1.07 bits per heavy atom. The molecular weight excluding hydrogens is 390 g/mol. The number of sulfonamides is 1. The van der Waals surface area contributed by atoms with Crippen LogP contribution in [0.1, 0.15) is 0 Å². The van der Waals surface area contributed by atoms with Gasteiger partial charge in [-0.2, -0.15) is 0 Å². The van der Waals surface area contributed by atoms with E-state index in [1.54, 1.807) is 36.8 Å². The normalized spacial score (nSPS) is 12.8. The van der Waals surface area contributed by atoms with Crippen molar-refractivity contribution in [2.75, 3.05) is 17.8 Å². The predicted molar refractivity (Wildman–Crippen MR) is 103 cm³/mol. The van der Waals surface area contributed by atoms with Crippen molar-refractivity contribution in [3.63, 3.8) is 0 Å². The Bertz CT molecular complexity index is 1140. The molecule has 1 aromatic carbocycles. The van der Waals surface area contributed by atoms with Crippen LogP contribution in [0.5, 0.6) is 11.6 Å². The SMILES string of the molecule is CS(=O)(=O)Nc1ccc(-c2cncc(-c3ccnc4c3OCO4)c2)c(Cl)c1. The van der Waals surface area contributed by atoms with Gasteiger partial charge in [-0.25, -0.2) is 13.4 Å². The standard InChI is InChI=1S/C18H14ClN3O4S/c1-27(23,24)22-13-2-3-14(16(19)7-13)11-6-12(9-20-8-11)15-4-5-21-18-17(15)25-10-26-18/h2-9,22H,10H2,1H3. The zero-order chi connectivity index (χ0) is 19.0. The van der Waals surface area contributed by atoms with E-state index in [-0.39, 0.29) is 6.79 Å². The van der Waals surface area contributed by atoms with E-state index in [4.69, 9.17) is 21.1 Å². The van der Waals surface area contributed by atoms with Gasteiger partial charge in [-0.1, -0.05) is 17.7 Å². The molecule has 0 unspecified atom stereocenters. The number of ether oxygens (including phenoxy) is 2. The highest BCUT2D eigenvalue weighted by atomic mass is 35.5.